The summed E-state index contributed by atoms with van der Waals surface area (Å²) < 4.78 is 0. The monoisotopic (exact) mass is 239 g/mol. The van der Waals surface area contributed by atoms with Crippen LogP contribution in [0.15, 0.2) is 0 Å². The molecule has 98 valence electrons. The predicted molar refractivity (Wildman–Crippen MR) is 69.0 cm³/mol. The number of rotatable bonds is 3. The maximum atomic E-state index is 12.1. The van der Waals surface area contributed by atoms with E-state index >= 15 is 0 Å². The van der Waals surface area contributed by atoms with Crippen LogP contribution in [0, 0.1) is 5.92 Å². The molecular weight excluding hydrogens is 214 g/mol. The van der Waals surface area contributed by atoms with Crippen molar-refractivity contribution in [1.29, 1.82) is 0 Å². The first-order valence-corrected chi connectivity index (χ1v) is 6.99. The van der Waals surface area contributed by atoms with Gasteiger partial charge in [-0.3, -0.25) is 0 Å². The number of amides is 2. The van der Waals surface area contributed by atoms with Crippen molar-refractivity contribution in [2.75, 3.05) is 26.7 Å². The molecule has 2 rings (SSSR count). The summed E-state index contributed by atoms with van der Waals surface area (Å²) in [5.74, 6) is 0.636. The van der Waals surface area contributed by atoms with Crippen molar-refractivity contribution in [3.05, 3.63) is 0 Å². The highest BCUT2D eigenvalue weighted by atomic mass is 16.2. The Bertz CT molecular complexity index is 251. The predicted octanol–water partition coefficient (Wildman–Crippen LogP) is 1.57. The Morgan fingerprint density at radius 1 is 1.24 bits per heavy atom. The molecule has 1 aliphatic carbocycles. The van der Waals surface area contributed by atoms with E-state index in [-0.39, 0.29) is 6.03 Å². The molecule has 0 radical (unpaired) electrons. The lowest BCUT2D eigenvalue weighted by Crippen LogP contribution is -2.44. The zero-order valence-electron chi connectivity index (χ0n) is 10.9. The number of carbonyl (C=O) groups excluding carboxylic acids is 1. The summed E-state index contributed by atoms with van der Waals surface area (Å²) in [6, 6.07) is 0.593. The first-order chi connectivity index (χ1) is 8.29. The van der Waals surface area contributed by atoms with Gasteiger partial charge < -0.3 is 15.5 Å². The maximum Gasteiger partial charge on any atom is 0.317 e. The average Bonchev–Trinajstić information content (AvgIpc) is 2.79. The van der Waals surface area contributed by atoms with Crippen molar-refractivity contribution in [1.82, 2.24) is 15.5 Å². The fourth-order valence-electron chi connectivity index (χ4n) is 2.99. The minimum atomic E-state index is 0.163. The number of hydrogen-bond acceptors (Lipinski definition) is 2. The van der Waals surface area contributed by atoms with Crippen LogP contribution in [0.25, 0.3) is 0 Å². The summed E-state index contributed by atoms with van der Waals surface area (Å²) in [7, 11) is 1.98. The van der Waals surface area contributed by atoms with Crippen molar-refractivity contribution in [3.8, 4) is 0 Å². The second kappa shape index (κ2) is 6.24. The van der Waals surface area contributed by atoms with Crippen LogP contribution in [-0.4, -0.2) is 43.7 Å². The molecule has 1 saturated carbocycles. The highest BCUT2D eigenvalue weighted by molar-refractivity contribution is 5.74. The SMILES string of the molecule is CNCC1CCN(C(=O)NC2CCCCC2)C1. The average molecular weight is 239 g/mol. The van der Waals surface area contributed by atoms with Crippen molar-refractivity contribution in [2.45, 2.75) is 44.6 Å². The zero-order valence-corrected chi connectivity index (χ0v) is 10.9. The molecule has 2 aliphatic rings. The summed E-state index contributed by atoms with van der Waals surface area (Å²) in [4.78, 5) is 14.0. The number of carbonyl (C=O) groups is 1. The largest absolute Gasteiger partial charge is 0.335 e. The highest BCUT2D eigenvalue weighted by Crippen LogP contribution is 2.19. The van der Waals surface area contributed by atoms with Crippen LogP contribution in [0.3, 0.4) is 0 Å². The van der Waals surface area contributed by atoms with Gasteiger partial charge in [0.25, 0.3) is 0 Å². The van der Waals surface area contributed by atoms with E-state index in [4.69, 9.17) is 0 Å². The fraction of sp³-hybridized carbons (Fsp3) is 0.923. The van der Waals surface area contributed by atoms with E-state index in [2.05, 4.69) is 10.6 Å². The Hall–Kier alpha value is -0.770. The van der Waals surface area contributed by atoms with Crippen molar-refractivity contribution < 1.29 is 4.79 Å². The Morgan fingerprint density at radius 3 is 2.71 bits per heavy atom. The summed E-state index contributed by atoms with van der Waals surface area (Å²) in [6.07, 6.45) is 7.35. The molecule has 0 aromatic heterocycles. The molecule has 4 nitrogen and oxygen atoms in total. The number of urea groups is 1. The summed E-state index contributed by atoms with van der Waals surface area (Å²) in [6.45, 7) is 2.86. The molecule has 1 saturated heterocycles. The van der Waals surface area contributed by atoms with Crippen LogP contribution in [0.5, 0.6) is 0 Å². The standard InChI is InChI=1S/C13H25N3O/c1-14-9-11-7-8-16(10-11)13(17)15-12-5-3-2-4-6-12/h11-12,14H,2-10H2,1H3,(H,15,17). The summed E-state index contributed by atoms with van der Waals surface area (Å²) >= 11 is 0. The highest BCUT2D eigenvalue weighted by Gasteiger charge is 2.27. The Balaban J connectivity index is 1.72. The van der Waals surface area contributed by atoms with Crippen LogP contribution >= 0.6 is 0 Å². The smallest absolute Gasteiger partial charge is 0.317 e. The van der Waals surface area contributed by atoms with E-state index in [1.165, 1.54) is 32.1 Å². The fourth-order valence-corrected chi connectivity index (χ4v) is 2.99. The lowest BCUT2D eigenvalue weighted by Gasteiger charge is -2.26. The molecule has 2 amide bonds. The third-order valence-electron chi connectivity index (χ3n) is 4.00. The molecule has 2 N–H and O–H groups in total. The van der Waals surface area contributed by atoms with Gasteiger partial charge in [0, 0.05) is 19.1 Å². The van der Waals surface area contributed by atoms with Crippen LogP contribution in [0.2, 0.25) is 0 Å². The van der Waals surface area contributed by atoms with Crippen LogP contribution < -0.4 is 10.6 Å². The van der Waals surface area contributed by atoms with Gasteiger partial charge in [-0.25, -0.2) is 4.79 Å². The quantitative estimate of drug-likeness (QED) is 0.785. The topological polar surface area (TPSA) is 44.4 Å². The lowest BCUT2D eigenvalue weighted by molar-refractivity contribution is 0.199. The van der Waals surface area contributed by atoms with Gasteiger partial charge >= 0.3 is 6.03 Å². The minimum Gasteiger partial charge on any atom is -0.335 e. The molecule has 0 bridgehead atoms. The second-order valence-electron chi connectivity index (χ2n) is 5.44. The first-order valence-electron chi connectivity index (χ1n) is 6.99. The van der Waals surface area contributed by atoms with Gasteiger partial charge in [-0.2, -0.15) is 0 Å². The molecule has 0 aromatic carbocycles. The molecule has 0 spiro atoms. The molecule has 2 fully saturated rings. The van der Waals surface area contributed by atoms with E-state index < -0.39 is 0 Å². The summed E-state index contributed by atoms with van der Waals surface area (Å²) in [5, 5.41) is 6.38. The minimum absolute atomic E-state index is 0.163. The van der Waals surface area contributed by atoms with Gasteiger partial charge in [0.15, 0.2) is 0 Å². The molecule has 1 aliphatic heterocycles. The van der Waals surface area contributed by atoms with Gasteiger partial charge in [-0.15, -0.1) is 0 Å². The van der Waals surface area contributed by atoms with Crippen LogP contribution in [-0.2, 0) is 0 Å². The van der Waals surface area contributed by atoms with Crippen molar-refractivity contribution >= 4 is 6.03 Å². The third-order valence-corrected chi connectivity index (χ3v) is 4.00. The van der Waals surface area contributed by atoms with E-state index in [0.29, 0.717) is 12.0 Å². The van der Waals surface area contributed by atoms with Crippen LogP contribution in [0.4, 0.5) is 4.79 Å². The number of likely N-dealkylation sites (tertiary alicyclic amines) is 1. The molecule has 1 unspecified atom stereocenters. The molecule has 1 atom stereocenters. The van der Waals surface area contributed by atoms with Crippen molar-refractivity contribution in [3.63, 3.8) is 0 Å². The van der Waals surface area contributed by atoms with Gasteiger partial charge in [-0.1, -0.05) is 19.3 Å². The van der Waals surface area contributed by atoms with E-state index in [1.54, 1.807) is 0 Å². The Labute approximate surface area is 104 Å². The third kappa shape index (κ3) is 3.60. The van der Waals surface area contributed by atoms with Gasteiger partial charge in [0.05, 0.1) is 0 Å². The Kier molecular flexibility index (Phi) is 4.66. The Morgan fingerprint density at radius 2 is 2.00 bits per heavy atom. The molecule has 1 heterocycles. The van der Waals surface area contributed by atoms with E-state index in [9.17, 15) is 4.79 Å². The van der Waals surface area contributed by atoms with Gasteiger partial charge in [0.1, 0.15) is 0 Å². The van der Waals surface area contributed by atoms with Gasteiger partial charge in [0.2, 0.25) is 0 Å². The van der Waals surface area contributed by atoms with Crippen LogP contribution in [0.1, 0.15) is 38.5 Å². The van der Waals surface area contributed by atoms with Gasteiger partial charge in [-0.05, 0) is 38.8 Å². The normalized spacial score (nSPS) is 26.2. The maximum absolute atomic E-state index is 12.1. The molecule has 4 heteroatoms. The molecule has 17 heavy (non-hydrogen) atoms. The molecule has 0 aromatic rings. The van der Waals surface area contributed by atoms with E-state index in [0.717, 1.165) is 26.1 Å². The van der Waals surface area contributed by atoms with E-state index in [1.807, 2.05) is 11.9 Å². The number of nitrogens with zero attached hydrogens (tertiary/aromatic N) is 1. The lowest BCUT2D eigenvalue weighted by atomic mass is 9.96. The number of nitrogens with one attached hydrogen (secondary N) is 2. The molecular formula is C13H25N3O. The van der Waals surface area contributed by atoms with Crippen molar-refractivity contribution in [2.24, 2.45) is 5.92 Å². The number of hydrogen-bond donors (Lipinski definition) is 2. The summed E-state index contributed by atoms with van der Waals surface area (Å²) in [5.41, 5.74) is 0. The second-order valence-corrected chi connectivity index (χ2v) is 5.44. The first kappa shape index (κ1) is 12.7. The zero-order chi connectivity index (χ0) is 12.1.